The summed E-state index contributed by atoms with van der Waals surface area (Å²) in [6.45, 7) is 9.01. The van der Waals surface area contributed by atoms with Gasteiger partial charge in [-0.2, -0.15) is 5.26 Å². The number of hydrogen-bond donors (Lipinski definition) is 1. The van der Waals surface area contributed by atoms with Crippen LogP contribution in [0.4, 0.5) is 11.4 Å². The Morgan fingerprint density at radius 3 is 2.42 bits per heavy atom. The predicted molar refractivity (Wildman–Crippen MR) is 80.0 cm³/mol. The Balaban J connectivity index is 2.13. The highest BCUT2D eigenvalue weighted by Crippen LogP contribution is 2.37. The van der Waals surface area contributed by atoms with Gasteiger partial charge in [-0.15, -0.1) is 0 Å². The first-order valence-electron chi connectivity index (χ1n) is 6.97. The van der Waals surface area contributed by atoms with Crippen LogP contribution in [-0.4, -0.2) is 13.1 Å². The lowest BCUT2D eigenvalue weighted by molar-refractivity contribution is 0.199. The molecule has 0 radical (unpaired) electrons. The van der Waals surface area contributed by atoms with Crippen molar-refractivity contribution in [1.82, 2.24) is 0 Å². The molecule has 0 unspecified atom stereocenters. The molecule has 1 heterocycles. The van der Waals surface area contributed by atoms with Crippen molar-refractivity contribution in [2.75, 3.05) is 23.7 Å². The molecular formula is C16H23N3. The number of benzene rings is 1. The summed E-state index contributed by atoms with van der Waals surface area (Å²) in [5.41, 5.74) is 8.69. The summed E-state index contributed by atoms with van der Waals surface area (Å²) in [5.74, 6) is 0.768. The van der Waals surface area contributed by atoms with Crippen LogP contribution in [0.15, 0.2) is 18.2 Å². The van der Waals surface area contributed by atoms with Gasteiger partial charge in [0.25, 0.3) is 0 Å². The lowest BCUT2D eigenvalue weighted by Gasteiger charge is -2.40. The molecule has 0 bridgehead atoms. The number of anilines is 2. The maximum Gasteiger partial charge on any atom is 0.101 e. The third-order valence-electron chi connectivity index (χ3n) is 4.26. The van der Waals surface area contributed by atoms with Crippen LogP contribution in [0.1, 0.15) is 39.2 Å². The number of piperidine rings is 1. The zero-order chi connectivity index (χ0) is 14.0. The molecule has 0 aromatic heterocycles. The zero-order valence-electron chi connectivity index (χ0n) is 12.1. The van der Waals surface area contributed by atoms with Crippen LogP contribution in [0.3, 0.4) is 0 Å². The molecule has 102 valence electrons. The molecule has 1 fully saturated rings. The quantitative estimate of drug-likeness (QED) is 0.784. The minimum absolute atomic E-state index is 0.381. The molecule has 3 heteroatoms. The fourth-order valence-electron chi connectivity index (χ4n) is 2.91. The second-order valence-corrected chi connectivity index (χ2v) is 6.48. The third-order valence-corrected chi connectivity index (χ3v) is 4.26. The highest BCUT2D eigenvalue weighted by atomic mass is 15.1. The van der Waals surface area contributed by atoms with Gasteiger partial charge in [0.1, 0.15) is 6.07 Å². The van der Waals surface area contributed by atoms with E-state index in [1.54, 1.807) is 6.07 Å². The van der Waals surface area contributed by atoms with Crippen molar-refractivity contribution >= 4 is 11.4 Å². The second kappa shape index (κ2) is 5.13. The normalized spacial score (nSPS) is 17.3. The van der Waals surface area contributed by atoms with Crippen LogP contribution < -0.4 is 10.6 Å². The summed E-state index contributed by atoms with van der Waals surface area (Å²) in [6.07, 6.45) is 2.39. The minimum atomic E-state index is 0.381. The van der Waals surface area contributed by atoms with E-state index in [0.717, 1.165) is 24.7 Å². The predicted octanol–water partition coefficient (Wildman–Crippen LogP) is 3.40. The molecule has 1 aliphatic rings. The number of nitrogen functional groups attached to an aromatic ring is 1. The van der Waals surface area contributed by atoms with Crippen molar-refractivity contribution in [3.8, 4) is 6.07 Å². The van der Waals surface area contributed by atoms with Gasteiger partial charge in [0.2, 0.25) is 0 Å². The maximum atomic E-state index is 9.04. The fourth-order valence-corrected chi connectivity index (χ4v) is 2.91. The third kappa shape index (κ3) is 2.84. The molecule has 2 rings (SSSR count). The van der Waals surface area contributed by atoms with E-state index in [0.29, 0.717) is 16.7 Å². The molecule has 1 aromatic rings. The van der Waals surface area contributed by atoms with E-state index >= 15 is 0 Å². The summed E-state index contributed by atoms with van der Waals surface area (Å²) in [7, 11) is 0. The van der Waals surface area contributed by atoms with E-state index in [2.05, 4.69) is 31.7 Å². The van der Waals surface area contributed by atoms with Gasteiger partial charge >= 0.3 is 0 Å². The Labute approximate surface area is 116 Å². The SMILES string of the molecule is CC(C)(C)C1CCN(c2cccc(C#N)c2N)CC1. The summed E-state index contributed by atoms with van der Waals surface area (Å²) >= 11 is 0. The Morgan fingerprint density at radius 2 is 1.89 bits per heavy atom. The number of para-hydroxylation sites is 1. The Bertz CT molecular complexity index is 486. The van der Waals surface area contributed by atoms with E-state index in [4.69, 9.17) is 11.0 Å². The summed E-state index contributed by atoms with van der Waals surface area (Å²) in [5, 5.41) is 9.04. The number of nitrogens with two attached hydrogens (primary N) is 1. The topological polar surface area (TPSA) is 53.0 Å². The van der Waals surface area contributed by atoms with Crippen molar-refractivity contribution in [2.24, 2.45) is 11.3 Å². The van der Waals surface area contributed by atoms with Crippen molar-refractivity contribution in [3.63, 3.8) is 0 Å². The second-order valence-electron chi connectivity index (χ2n) is 6.48. The van der Waals surface area contributed by atoms with E-state index < -0.39 is 0 Å². The van der Waals surface area contributed by atoms with Crippen LogP contribution in [0.25, 0.3) is 0 Å². The van der Waals surface area contributed by atoms with Crippen molar-refractivity contribution in [1.29, 1.82) is 5.26 Å². The van der Waals surface area contributed by atoms with Crippen molar-refractivity contribution < 1.29 is 0 Å². The Kier molecular flexibility index (Phi) is 3.71. The summed E-state index contributed by atoms with van der Waals surface area (Å²) < 4.78 is 0. The van der Waals surface area contributed by atoms with Gasteiger partial charge in [0, 0.05) is 13.1 Å². The van der Waals surface area contributed by atoms with Gasteiger partial charge in [0.05, 0.1) is 16.9 Å². The molecule has 1 aromatic carbocycles. The number of nitrogens with zero attached hydrogens (tertiary/aromatic N) is 2. The first-order valence-corrected chi connectivity index (χ1v) is 6.97. The number of nitriles is 1. The number of rotatable bonds is 1. The lowest BCUT2D eigenvalue weighted by Crippen LogP contribution is -2.38. The van der Waals surface area contributed by atoms with Gasteiger partial charge in [-0.3, -0.25) is 0 Å². The molecule has 2 N–H and O–H groups in total. The van der Waals surface area contributed by atoms with Gasteiger partial charge < -0.3 is 10.6 Å². The monoisotopic (exact) mass is 257 g/mol. The molecule has 0 atom stereocenters. The molecule has 0 amide bonds. The minimum Gasteiger partial charge on any atom is -0.396 e. The fraction of sp³-hybridized carbons (Fsp3) is 0.562. The largest absolute Gasteiger partial charge is 0.396 e. The Morgan fingerprint density at radius 1 is 1.26 bits per heavy atom. The van der Waals surface area contributed by atoms with E-state index in [1.165, 1.54) is 12.8 Å². The first-order chi connectivity index (χ1) is 8.93. The van der Waals surface area contributed by atoms with Gasteiger partial charge in [0.15, 0.2) is 0 Å². The van der Waals surface area contributed by atoms with Crippen LogP contribution in [0.5, 0.6) is 0 Å². The molecule has 1 saturated heterocycles. The van der Waals surface area contributed by atoms with Crippen molar-refractivity contribution in [2.45, 2.75) is 33.6 Å². The van der Waals surface area contributed by atoms with Gasteiger partial charge in [-0.25, -0.2) is 0 Å². The standard InChI is InChI=1S/C16H23N3/c1-16(2,3)13-7-9-19(10-8-13)14-6-4-5-12(11-17)15(14)18/h4-6,13H,7-10,18H2,1-3H3. The summed E-state index contributed by atoms with van der Waals surface area (Å²) in [4.78, 5) is 2.32. The van der Waals surface area contributed by atoms with E-state index in [1.807, 2.05) is 12.1 Å². The molecular weight excluding hydrogens is 234 g/mol. The van der Waals surface area contributed by atoms with E-state index in [-0.39, 0.29) is 0 Å². The zero-order valence-corrected chi connectivity index (χ0v) is 12.1. The molecule has 3 nitrogen and oxygen atoms in total. The van der Waals surface area contributed by atoms with Crippen LogP contribution in [0, 0.1) is 22.7 Å². The highest BCUT2D eigenvalue weighted by molar-refractivity contribution is 5.74. The van der Waals surface area contributed by atoms with E-state index in [9.17, 15) is 0 Å². The Hall–Kier alpha value is -1.69. The molecule has 0 aliphatic carbocycles. The van der Waals surface area contributed by atoms with Crippen LogP contribution in [0.2, 0.25) is 0 Å². The van der Waals surface area contributed by atoms with Gasteiger partial charge in [-0.1, -0.05) is 26.8 Å². The smallest absolute Gasteiger partial charge is 0.101 e. The van der Waals surface area contributed by atoms with Crippen LogP contribution >= 0.6 is 0 Å². The molecule has 19 heavy (non-hydrogen) atoms. The first kappa shape index (κ1) is 13.7. The average Bonchev–Trinajstić information content (AvgIpc) is 2.38. The lowest BCUT2D eigenvalue weighted by atomic mass is 9.75. The van der Waals surface area contributed by atoms with Crippen LogP contribution in [-0.2, 0) is 0 Å². The molecule has 1 aliphatic heterocycles. The molecule has 0 saturated carbocycles. The summed E-state index contributed by atoms with van der Waals surface area (Å²) in [6, 6.07) is 7.87. The van der Waals surface area contributed by atoms with Crippen molar-refractivity contribution in [3.05, 3.63) is 23.8 Å². The highest BCUT2D eigenvalue weighted by Gasteiger charge is 2.29. The number of hydrogen-bond acceptors (Lipinski definition) is 3. The maximum absolute atomic E-state index is 9.04. The average molecular weight is 257 g/mol. The molecule has 0 spiro atoms. The van der Waals surface area contributed by atoms with Gasteiger partial charge in [-0.05, 0) is 36.3 Å².